The fourth-order valence-electron chi connectivity index (χ4n) is 2.73. The standard InChI is InChI=1S/C15H16N4O4/c16-6-13(21)17-10-3-1-2-8-9(10)7-19(15(8)23)11-4-5-12(20)18-14(11)22/h1-3,7,11,23H,4-6,16H2,(H,17,21)(H,18,20,22). The predicted molar refractivity (Wildman–Crippen MR) is 82.7 cm³/mol. The first kappa shape index (κ1) is 15.0. The van der Waals surface area contributed by atoms with Gasteiger partial charge in [-0.05, 0) is 18.6 Å². The van der Waals surface area contributed by atoms with Crippen molar-refractivity contribution in [1.82, 2.24) is 9.88 Å². The van der Waals surface area contributed by atoms with Gasteiger partial charge in [0.05, 0.1) is 12.2 Å². The lowest BCUT2D eigenvalue weighted by Gasteiger charge is -2.22. The first-order valence-corrected chi connectivity index (χ1v) is 7.17. The summed E-state index contributed by atoms with van der Waals surface area (Å²) >= 11 is 0. The summed E-state index contributed by atoms with van der Waals surface area (Å²) in [6, 6.07) is 4.39. The molecule has 3 amide bonds. The maximum atomic E-state index is 12.0. The maximum absolute atomic E-state index is 12.0. The van der Waals surface area contributed by atoms with Crippen LogP contribution < -0.4 is 16.4 Å². The van der Waals surface area contributed by atoms with Crippen LogP contribution in [-0.2, 0) is 14.4 Å². The number of imide groups is 1. The molecular formula is C15H16N4O4. The summed E-state index contributed by atoms with van der Waals surface area (Å²) in [4.78, 5) is 34.7. The largest absolute Gasteiger partial charge is 0.494 e. The highest BCUT2D eigenvalue weighted by atomic mass is 16.3. The lowest BCUT2D eigenvalue weighted by atomic mass is 10.1. The molecule has 5 N–H and O–H groups in total. The quantitative estimate of drug-likeness (QED) is 0.603. The number of carbonyl (C=O) groups is 3. The molecule has 1 aromatic heterocycles. The number of benzene rings is 1. The molecule has 120 valence electrons. The van der Waals surface area contributed by atoms with E-state index >= 15 is 0 Å². The van der Waals surface area contributed by atoms with E-state index in [0.29, 0.717) is 22.9 Å². The summed E-state index contributed by atoms with van der Waals surface area (Å²) < 4.78 is 1.42. The van der Waals surface area contributed by atoms with Crippen molar-refractivity contribution >= 4 is 34.2 Å². The first-order valence-electron chi connectivity index (χ1n) is 7.17. The summed E-state index contributed by atoms with van der Waals surface area (Å²) in [7, 11) is 0. The van der Waals surface area contributed by atoms with E-state index in [2.05, 4.69) is 10.6 Å². The minimum atomic E-state index is -0.668. The Morgan fingerprint density at radius 1 is 1.39 bits per heavy atom. The van der Waals surface area contributed by atoms with Crippen LogP contribution in [0.4, 0.5) is 5.69 Å². The number of hydrogen-bond donors (Lipinski definition) is 4. The third kappa shape index (κ3) is 2.64. The Balaban J connectivity index is 2.04. The Labute approximate surface area is 131 Å². The van der Waals surface area contributed by atoms with Crippen LogP contribution in [-0.4, -0.2) is 33.9 Å². The fourth-order valence-corrected chi connectivity index (χ4v) is 2.73. The smallest absolute Gasteiger partial charge is 0.249 e. The monoisotopic (exact) mass is 316 g/mol. The molecular weight excluding hydrogens is 300 g/mol. The van der Waals surface area contributed by atoms with Gasteiger partial charge in [-0.1, -0.05) is 6.07 Å². The number of rotatable bonds is 3. The number of nitrogens with one attached hydrogen (secondary N) is 2. The van der Waals surface area contributed by atoms with Gasteiger partial charge in [-0.25, -0.2) is 0 Å². The molecule has 0 saturated carbocycles. The number of anilines is 1. The van der Waals surface area contributed by atoms with Crippen LogP contribution in [0.15, 0.2) is 24.4 Å². The number of amides is 3. The van der Waals surface area contributed by atoms with Crippen LogP contribution in [0.1, 0.15) is 18.9 Å². The number of aromatic nitrogens is 1. The van der Waals surface area contributed by atoms with Gasteiger partial charge in [0.1, 0.15) is 6.04 Å². The summed E-state index contributed by atoms with van der Waals surface area (Å²) in [5.41, 5.74) is 5.80. The van der Waals surface area contributed by atoms with Crippen molar-refractivity contribution in [2.75, 3.05) is 11.9 Å². The van der Waals surface area contributed by atoms with Crippen molar-refractivity contribution in [2.45, 2.75) is 18.9 Å². The van der Waals surface area contributed by atoms with Gasteiger partial charge in [0.15, 0.2) is 5.88 Å². The van der Waals surface area contributed by atoms with Gasteiger partial charge in [0.2, 0.25) is 17.7 Å². The van der Waals surface area contributed by atoms with Crippen molar-refractivity contribution < 1.29 is 19.5 Å². The second-order valence-corrected chi connectivity index (χ2v) is 5.35. The summed E-state index contributed by atoms with van der Waals surface area (Å²) in [5, 5.41) is 16.4. The van der Waals surface area contributed by atoms with Gasteiger partial charge >= 0.3 is 0 Å². The molecule has 3 rings (SSSR count). The number of piperidine rings is 1. The van der Waals surface area contributed by atoms with E-state index in [0.717, 1.165) is 0 Å². The molecule has 0 radical (unpaired) electrons. The molecule has 0 spiro atoms. The highest BCUT2D eigenvalue weighted by Gasteiger charge is 2.30. The molecule has 1 fully saturated rings. The number of carbonyl (C=O) groups excluding carboxylic acids is 3. The molecule has 1 atom stereocenters. The summed E-state index contributed by atoms with van der Waals surface area (Å²) in [6.07, 6.45) is 2.11. The topological polar surface area (TPSA) is 126 Å². The molecule has 1 aliphatic heterocycles. The lowest BCUT2D eigenvalue weighted by Crippen LogP contribution is -2.41. The Bertz CT molecular complexity index is 811. The fraction of sp³-hybridized carbons (Fsp3) is 0.267. The van der Waals surface area contributed by atoms with Crippen molar-refractivity contribution in [2.24, 2.45) is 5.73 Å². The van der Waals surface area contributed by atoms with E-state index in [9.17, 15) is 19.5 Å². The molecule has 1 aliphatic rings. The van der Waals surface area contributed by atoms with Crippen LogP contribution in [0.3, 0.4) is 0 Å². The SMILES string of the molecule is NCC(=O)Nc1cccc2c(O)n(C3CCC(=O)NC3=O)cc12. The van der Waals surface area contributed by atoms with E-state index in [1.54, 1.807) is 24.4 Å². The second kappa shape index (κ2) is 5.73. The normalized spacial score (nSPS) is 18.0. The van der Waals surface area contributed by atoms with E-state index in [-0.39, 0.29) is 30.7 Å². The summed E-state index contributed by atoms with van der Waals surface area (Å²) in [6.45, 7) is -0.157. The molecule has 1 aromatic carbocycles. The average Bonchev–Trinajstić information content (AvgIpc) is 2.86. The van der Waals surface area contributed by atoms with Crippen molar-refractivity contribution in [3.05, 3.63) is 24.4 Å². The van der Waals surface area contributed by atoms with Gasteiger partial charge in [-0.3, -0.25) is 19.7 Å². The number of nitrogens with zero attached hydrogens (tertiary/aromatic N) is 1. The van der Waals surface area contributed by atoms with E-state index in [1.807, 2.05) is 0 Å². The van der Waals surface area contributed by atoms with Gasteiger partial charge in [0.25, 0.3) is 0 Å². The van der Waals surface area contributed by atoms with E-state index in [1.165, 1.54) is 4.57 Å². The third-order valence-electron chi connectivity index (χ3n) is 3.87. The number of hydrogen-bond acceptors (Lipinski definition) is 5. The van der Waals surface area contributed by atoms with Crippen molar-refractivity contribution in [3.8, 4) is 5.88 Å². The third-order valence-corrected chi connectivity index (χ3v) is 3.87. The zero-order chi connectivity index (χ0) is 16.6. The molecule has 8 heteroatoms. The Hall–Kier alpha value is -2.87. The zero-order valence-electron chi connectivity index (χ0n) is 12.2. The van der Waals surface area contributed by atoms with E-state index < -0.39 is 11.9 Å². The lowest BCUT2D eigenvalue weighted by molar-refractivity contribution is -0.135. The zero-order valence-corrected chi connectivity index (χ0v) is 12.2. The van der Waals surface area contributed by atoms with Crippen LogP contribution in [0.5, 0.6) is 5.88 Å². The number of aromatic hydroxyl groups is 1. The molecule has 1 unspecified atom stereocenters. The molecule has 2 aromatic rings. The second-order valence-electron chi connectivity index (χ2n) is 5.35. The predicted octanol–water partition coefficient (Wildman–Crippen LogP) is 0.222. The van der Waals surface area contributed by atoms with Crippen molar-refractivity contribution in [3.63, 3.8) is 0 Å². The maximum Gasteiger partial charge on any atom is 0.249 e. The Morgan fingerprint density at radius 2 is 2.17 bits per heavy atom. The highest BCUT2D eigenvalue weighted by Crippen LogP contribution is 2.36. The Kier molecular flexibility index (Phi) is 3.75. The van der Waals surface area contributed by atoms with Gasteiger partial charge in [-0.15, -0.1) is 0 Å². The van der Waals surface area contributed by atoms with Crippen LogP contribution in [0.25, 0.3) is 10.8 Å². The van der Waals surface area contributed by atoms with E-state index in [4.69, 9.17) is 5.73 Å². The number of fused-ring (bicyclic) bond motifs is 1. The minimum Gasteiger partial charge on any atom is -0.494 e. The molecule has 2 heterocycles. The first-order chi connectivity index (χ1) is 11.0. The molecule has 0 bridgehead atoms. The number of nitrogens with two attached hydrogens (primary N) is 1. The minimum absolute atomic E-state index is 0.0849. The molecule has 8 nitrogen and oxygen atoms in total. The highest BCUT2D eigenvalue weighted by molar-refractivity contribution is 6.05. The van der Waals surface area contributed by atoms with Crippen molar-refractivity contribution in [1.29, 1.82) is 0 Å². The Morgan fingerprint density at radius 3 is 2.87 bits per heavy atom. The van der Waals surface area contributed by atoms with Crippen LogP contribution >= 0.6 is 0 Å². The molecule has 23 heavy (non-hydrogen) atoms. The summed E-state index contributed by atoms with van der Waals surface area (Å²) in [5.74, 6) is -1.22. The average molecular weight is 316 g/mol. The van der Waals surface area contributed by atoms with Gasteiger partial charge in [-0.2, -0.15) is 0 Å². The van der Waals surface area contributed by atoms with Gasteiger partial charge < -0.3 is 20.7 Å². The molecule has 0 aliphatic carbocycles. The van der Waals surface area contributed by atoms with Gasteiger partial charge in [0, 0.05) is 23.4 Å². The van der Waals surface area contributed by atoms with Crippen LogP contribution in [0.2, 0.25) is 0 Å². The molecule has 1 saturated heterocycles. The van der Waals surface area contributed by atoms with Crippen LogP contribution in [0, 0.1) is 0 Å².